The number of hydrogen-bond acceptors (Lipinski definition) is 3. The lowest BCUT2D eigenvalue weighted by Gasteiger charge is -2.21. The molecular weight excluding hydrogens is 476 g/mol. The molecule has 2 aromatic carbocycles. The Kier molecular flexibility index (Phi) is 13.3. The van der Waals surface area contributed by atoms with E-state index in [2.05, 4.69) is 71.0 Å². The van der Waals surface area contributed by atoms with Gasteiger partial charge in [-0.15, -0.1) is 0 Å². The van der Waals surface area contributed by atoms with Crippen molar-refractivity contribution in [2.75, 3.05) is 18.1 Å². The summed E-state index contributed by atoms with van der Waals surface area (Å²) in [5.74, 6) is 0.992. The molecule has 0 fully saturated rings. The lowest BCUT2D eigenvalue weighted by atomic mass is 10.1. The topological polar surface area (TPSA) is 33.4 Å². The second kappa shape index (κ2) is 17.0. The van der Waals surface area contributed by atoms with Gasteiger partial charge in [0.2, 0.25) is 11.4 Å². The minimum Gasteiger partial charge on any atom is -0.494 e. The normalized spacial score (nSPS) is 11.0. The summed E-state index contributed by atoms with van der Waals surface area (Å²) in [5.41, 5.74) is 5.46. The van der Waals surface area contributed by atoms with Crippen molar-refractivity contribution in [2.45, 2.75) is 91.0 Å². The Morgan fingerprint density at radius 2 is 1.59 bits per heavy atom. The zero-order chi connectivity index (χ0) is 26.1. The fourth-order valence-electron chi connectivity index (χ4n) is 4.62. The van der Waals surface area contributed by atoms with Crippen LogP contribution in [0.2, 0.25) is 0 Å². The van der Waals surface area contributed by atoms with Crippen LogP contribution in [-0.2, 0) is 17.8 Å². The first-order valence-corrected chi connectivity index (χ1v) is 15.1. The number of carbonyl (C=O) groups excluding carboxylic acids is 1. The van der Waals surface area contributed by atoms with Gasteiger partial charge in [-0.25, -0.2) is 0 Å². The zero-order valence-electron chi connectivity index (χ0n) is 22.9. The quantitative estimate of drug-likeness (QED) is 0.126. The number of anilines is 1. The Morgan fingerprint density at radius 1 is 0.892 bits per heavy atom. The van der Waals surface area contributed by atoms with Crippen LogP contribution in [0.4, 0.5) is 5.69 Å². The van der Waals surface area contributed by atoms with Gasteiger partial charge in [0.15, 0.2) is 12.7 Å². The summed E-state index contributed by atoms with van der Waals surface area (Å²) in [6.07, 6.45) is 16.2. The summed E-state index contributed by atoms with van der Waals surface area (Å²) in [7, 11) is 0. The molecule has 3 rings (SSSR count). The number of benzene rings is 2. The third-order valence-corrected chi connectivity index (χ3v) is 7.48. The molecular formula is C32H45N2O2S+. The number of ether oxygens (including phenoxy) is 1. The average Bonchev–Trinajstić information content (AvgIpc) is 3.41. The van der Waals surface area contributed by atoms with Crippen molar-refractivity contribution in [1.29, 1.82) is 0 Å². The minimum absolute atomic E-state index is 0.0633. The Hall–Kier alpha value is -2.66. The van der Waals surface area contributed by atoms with Gasteiger partial charge in [-0.1, -0.05) is 100 Å². The van der Waals surface area contributed by atoms with Crippen molar-refractivity contribution >= 4 is 22.9 Å². The first-order valence-electron chi connectivity index (χ1n) is 14.2. The average molecular weight is 522 g/mol. The number of unbranched alkanes of at least 4 members (excludes halogenated alkanes) is 9. The third kappa shape index (κ3) is 11.1. The molecule has 5 heteroatoms. The van der Waals surface area contributed by atoms with Crippen molar-refractivity contribution in [3.63, 3.8) is 0 Å². The molecule has 200 valence electrons. The van der Waals surface area contributed by atoms with Gasteiger partial charge in [-0.3, -0.25) is 4.79 Å². The Bertz CT molecular complexity index is 1020. The zero-order valence-corrected chi connectivity index (χ0v) is 23.7. The fraction of sp³-hybridized carbons (Fsp3) is 0.500. The fourth-order valence-corrected chi connectivity index (χ4v) is 5.22. The largest absolute Gasteiger partial charge is 0.494 e. The number of carbonyl (C=O) groups is 1. The molecule has 0 bridgehead atoms. The highest BCUT2D eigenvalue weighted by Crippen LogP contribution is 2.19. The molecule has 0 aliphatic rings. The summed E-state index contributed by atoms with van der Waals surface area (Å²) in [4.78, 5) is 14.3. The van der Waals surface area contributed by atoms with Crippen molar-refractivity contribution < 1.29 is 14.1 Å². The highest BCUT2D eigenvalue weighted by atomic mass is 32.1. The summed E-state index contributed by atoms with van der Waals surface area (Å²) < 4.78 is 8.19. The highest BCUT2D eigenvalue weighted by Gasteiger charge is 2.13. The van der Waals surface area contributed by atoms with Crippen molar-refractivity contribution in [3.05, 3.63) is 76.7 Å². The van der Waals surface area contributed by atoms with Gasteiger partial charge < -0.3 is 9.64 Å². The molecule has 0 aliphatic heterocycles. The molecule has 37 heavy (non-hydrogen) atoms. The second-order valence-corrected chi connectivity index (χ2v) is 10.7. The van der Waals surface area contributed by atoms with Gasteiger partial charge in [0.1, 0.15) is 5.75 Å². The van der Waals surface area contributed by atoms with E-state index in [9.17, 15) is 4.79 Å². The monoisotopic (exact) mass is 521 g/mol. The Balaban J connectivity index is 1.37. The van der Waals surface area contributed by atoms with Gasteiger partial charge in [-0.05, 0) is 42.7 Å². The Labute approximate surface area is 228 Å². The number of hydrogen-bond donors (Lipinski definition) is 0. The molecule has 1 amide bonds. The van der Waals surface area contributed by atoms with Gasteiger partial charge in [0.25, 0.3) is 0 Å². The third-order valence-electron chi connectivity index (χ3n) is 6.81. The van der Waals surface area contributed by atoms with Gasteiger partial charge in [0, 0.05) is 24.7 Å². The maximum atomic E-state index is 12.4. The smallest absolute Gasteiger partial charge is 0.224 e. The van der Waals surface area contributed by atoms with Crippen molar-refractivity contribution in [2.24, 2.45) is 0 Å². The molecule has 0 aliphatic carbocycles. The molecule has 1 heterocycles. The summed E-state index contributed by atoms with van der Waals surface area (Å²) in [6.45, 7) is 6.18. The van der Waals surface area contributed by atoms with Crippen LogP contribution in [0.3, 0.4) is 0 Å². The lowest BCUT2D eigenvalue weighted by Crippen LogP contribution is -2.31. The molecule has 3 aromatic rings. The molecule has 0 atom stereocenters. The molecule has 0 radical (unpaired) electrons. The number of aromatic nitrogens is 1. The van der Waals surface area contributed by atoms with E-state index in [0.29, 0.717) is 6.54 Å². The summed E-state index contributed by atoms with van der Waals surface area (Å²) in [6, 6.07) is 16.6. The molecule has 1 aromatic heterocycles. The Morgan fingerprint density at radius 3 is 2.24 bits per heavy atom. The SMILES string of the molecule is CCCCCCCCCCCCOc1cccc(CCN(C(C)=O)c2ccc(C[n+]3ccsc3)cc2)c1. The van der Waals surface area contributed by atoms with Crippen LogP contribution in [0, 0.1) is 0 Å². The number of nitrogens with zero attached hydrogens (tertiary/aromatic N) is 2. The van der Waals surface area contributed by atoms with E-state index in [0.717, 1.165) is 37.4 Å². The summed E-state index contributed by atoms with van der Waals surface area (Å²) >= 11 is 1.69. The molecule has 4 nitrogen and oxygen atoms in total. The first kappa shape index (κ1) is 28.9. The molecule has 0 unspecified atom stereocenters. The number of rotatable bonds is 18. The van der Waals surface area contributed by atoms with Crippen LogP contribution in [0.25, 0.3) is 0 Å². The van der Waals surface area contributed by atoms with E-state index >= 15 is 0 Å². The first-order chi connectivity index (χ1) is 18.2. The van der Waals surface area contributed by atoms with Gasteiger partial charge in [-0.2, -0.15) is 4.57 Å². The van der Waals surface area contributed by atoms with Crippen molar-refractivity contribution in [3.8, 4) is 5.75 Å². The van der Waals surface area contributed by atoms with Crippen LogP contribution in [0.5, 0.6) is 5.75 Å². The lowest BCUT2D eigenvalue weighted by molar-refractivity contribution is -0.683. The van der Waals surface area contributed by atoms with Gasteiger partial charge in [0.05, 0.1) is 12.0 Å². The van der Waals surface area contributed by atoms with E-state index in [-0.39, 0.29) is 5.91 Å². The summed E-state index contributed by atoms with van der Waals surface area (Å²) in [5, 5.41) is 2.07. The highest BCUT2D eigenvalue weighted by molar-refractivity contribution is 7.07. The molecule has 0 saturated heterocycles. The van der Waals surface area contributed by atoms with Crippen LogP contribution in [-0.4, -0.2) is 19.1 Å². The maximum Gasteiger partial charge on any atom is 0.224 e. The number of amides is 1. The van der Waals surface area contributed by atoms with E-state index < -0.39 is 0 Å². The van der Waals surface area contributed by atoms with Crippen LogP contribution in [0.1, 0.15) is 89.2 Å². The number of thiazole rings is 1. The molecule has 0 N–H and O–H groups in total. The predicted molar refractivity (Wildman–Crippen MR) is 156 cm³/mol. The maximum absolute atomic E-state index is 12.4. The van der Waals surface area contributed by atoms with E-state index in [4.69, 9.17) is 4.74 Å². The van der Waals surface area contributed by atoms with E-state index in [1.807, 2.05) is 11.0 Å². The molecule has 0 spiro atoms. The molecule has 0 saturated carbocycles. The van der Waals surface area contributed by atoms with Crippen LogP contribution >= 0.6 is 11.3 Å². The van der Waals surface area contributed by atoms with Crippen molar-refractivity contribution in [1.82, 2.24) is 0 Å². The van der Waals surface area contributed by atoms with E-state index in [1.165, 1.54) is 68.9 Å². The van der Waals surface area contributed by atoms with Crippen LogP contribution in [0.15, 0.2) is 65.6 Å². The van der Waals surface area contributed by atoms with E-state index in [1.54, 1.807) is 18.3 Å². The predicted octanol–water partition coefficient (Wildman–Crippen LogP) is 7.98. The van der Waals surface area contributed by atoms with Gasteiger partial charge >= 0.3 is 0 Å². The second-order valence-electron chi connectivity index (χ2n) is 9.96. The standard InChI is InChI=1S/C32H45N2O2S/c1-3-4-5-6-7-8-9-10-11-12-23-36-32-15-13-14-29(25-32)20-21-34(28(2)35)31-18-16-30(17-19-31)26-33-22-24-37-27-33/h13-19,22,24-25,27H,3-12,20-21,23,26H2,1-2H3/q+1. The van der Waals surface area contributed by atoms with Crippen LogP contribution < -0.4 is 14.2 Å². The minimum atomic E-state index is 0.0633.